The van der Waals surface area contributed by atoms with Crippen LogP contribution in [0.4, 0.5) is 0 Å². The van der Waals surface area contributed by atoms with Crippen LogP contribution in [0.3, 0.4) is 0 Å². The van der Waals surface area contributed by atoms with Gasteiger partial charge in [-0.1, -0.05) is 27.7 Å². The highest BCUT2D eigenvalue weighted by atomic mass is 32.2. The van der Waals surface area contributed by atoms with Gasteiger partial charge in [-0.15, -0.1) is 10.9 Å². The maximum atomic E-state index is 12.2. The van der Waals surface area contributed by atoms with E-state index in [1.54, 1.807) is 43.3 Å². The van der Waals surface area contributed by atoms with Gasteiger partial charge in [-0.2, -0.15) is 10.5 Å². The van der Waals surface area contributed by atoms with Crippen LogP contribution in [0.1, 0.15) is 51.3 Å². The third kappa shape index (κ3) is 5.85. The molecule has 1 heterocycles. The fraction of sp³-hybridized carbons (Fsp3) is 0.333. The average molecular weight is 492 g/mol. The molecular formula is C27H29N3O4S. The van der Waals surface area contributed by atoms with E-state index in [1.165, 1.54) is 0 Å². The molecule has 1 N–H and O–H groups in total. The SMILES string of the molecule is CC1=C(C(=O)O)[SH](c2ccc(OCC(C)C)c(C#N)c2)C(c2ccc(OCC(C)C)c(C#N)c2)=N1. The van der Waals surface area contributed by atoms with E-state index in [0.717, 1.165) is 0 Å². The number of aliphatic imine (C=N–C) groups is 1. The van der Waals surface area contributed by atoms with Gasteiger partial charge < -0.3 is 14.6 Å². The van der Waals surface area contributed by atoms with Crippen molar-refractivity contribution < 1.29 is 19.4 Å². The summed E-state index contributed by atoms with van der Waals surface area (Å²) in [4.78, 5) is 17.7. The highest BCUT2D eigenvalue weighted by Crippen LogP contribution is 2.53. The number of benzene rings is 2. The molecule has 0 spiro atoms. The second-order valence-electron chi connectivity index (χ2n) is 9.03. The van der Waals surface area contributed by atoms with Crippen LogP contribution in [0.15, 0.2) is 56.9 Å². The van der Waals surface area contributed by atoms with Gasteiger partial charge in [-0.05, 0) is 60.1 Å². The molecule has 0 bridgehead atoms. The van der Waals surface area contributed by atoms with E-state index in [2.05, 4.69) is 17.1 Å². The average Bonchev–Trinajstić information content (AvgIpc) is 3.18. The molecule has 8 heteroatoms. The van der Waals surface area contributed by atoms with Crippen molar-refractivity contribution in [2.45, 2.75) is 39.5 Å². The van der Waals surface area contributed by atoms with Gasteiger partial charge in [0.2, 0.25) is 0 Å². The molecule has 1 atom stereocenters. The Balaban J connectivity index is 2.06. The fourth-order valence-corrected chi connectivity index (χ4v) is 5.90. The lowest BCUT2D eigenvalue weighted by atomic mass is 10.1. The van der Waals surface area contributed by atoms with Crippen LogP contribution in [-0.4, -0.2) is 29.3 Å². The molecule has 1 aliphatic heterocycles. The Kier molecular flexibility index (Phi) is 8.22. The van der Waals surface area contributed by atoms with Gasteiger partial charge in [0.05, 0.1) is 35.1 Å². The lowest BCUT2D eigenvalue weighted by molar-refractivity contribution is -0.131. The normalized spacial score (nSPS) is 16.1. The second-order valence-corrected chi connectivity index (χ2v) is 11.1. The number of nitriles is 2. The third-order valence-electron chi connectivity index (χ3n) is 5.10. The van der Waals surface area contributed by atoms with Gasteiger partial charge in [0.25, 0.3) is 0 Å². The molecule has 2 aromatic carbocycles. The number of carboxylic acids is 1. The van der Waals surface area contributed by atoms with Crippen molar-refractivity contribution >= 4 is 21.9 Å². The maximum Gasteiger partial charge on any atom is 0.342 e. The molecule has 0 saturated carbocycles. The van der Waals surface area contributed by atoms with Gasteiger partial charge in [-0.25, -0.2) is 9.79 Å². The minimum absolute atomic E-state index is 0.202. The van der Waals surface area contributed by atoms with Crippen LogP contribution >= 0.6 is 10.9 Å². The van der Waals surface area contributed by atoms with Crippen molar-refractivity contribution in [1.82, 2.24) is 0 Å². The summed E-state index contributed by atoms with van der Waals surface area (Å²) in [6.07, 6.45) is 0. The monoisotopic (exact) mass is 491 g/mol. The molecule has 0 aliphatic carbocycles. The van der Waals surface area contributed by atoms with Gasteiger partial charge in [0.1, 0.15) is 28.5 Å². The first-order valence-electron chi connectivity index (χ1n) is 11.3. The number of rotatable bonds is 9. The molecule has 1 aliphatic rings. The Hall–Kier alpha value is -3.75. The summed E-state index contributed by atoms with van der Waals surface area (Å²) in [7, 11) is -1.55. The van der Waals surface area contributed by atoms with E-state index < -0.39 is 16.9 Å². The molecule has 0 amide bonds. The number of carbonyl (C=O) groups is 1. The smallest absolute Gasteiger partial charge is 0.342 e. The topological polar surface area (TPSA) is 116 Å². The fourth-order valence-electron chi connectivity index (χ4n) is 3.49. The number of ether oxygens (including phenoxy) is 2. The molecular weight excluding hydrogens is 462 g/mol. The molecule has 1 unspecified atom stereocenters. The number of allylic oxidation sites excluding steroid dienone is 1. The minimum Gasteiger partial charge on any atom is -0.492 e. The van der Waals surface area contributed by atoms with E-state index in [9.17, 15) is 20.4 Å². The lowest BCUT2D eigenvalue weighted by Crippen LogP contribution is -2.09. The summed E-state index contributed by atoms with van der Waals surface area (Å²) in [6, 6.07) is 14.7. The number of hydrogen-bond acceptors (Lipinski definition) is 6. The number of carboxylic acid groups (broad SMARTS) is 1. The van der Waals surface area contributed by atoms with E-state index in [4.69, 9.17) is 9.47 Å². The Labute approximate surface area is 208 Å². The highest BCUT2D eigenvalue weighted by Gasteiger charge is 2.33. The zero-order valence-electron chi connectivity index (χ0n) is 20.5. The van der Waals surface area contributed by atoms with Crippen LogP contribution in [-0.2, 0) is 4.79 Å². The molecule has 182 valence electrons. The standard InChI is InChI=1S/C27H29N3O4S/c1-16(2)14-33-23-8-6-19(10-20(23)12-28)26-30-18(5)25(27(31)32)35(26)22-7-9-24(21(11-22)13-29)34-15-17(3)4/h6-11,16-17,35H,14-15H2,1-5H3,(H,31,32). The van der Waals surface area contributed by atoms with Crippen molar-refractivity contribution in [1.29, 1.82) is 10.5 Å². The van der Waals surface area contributed by atoms with Gasteiger partial charge >= 0.3 is 5.97 Å². The number of hydrogen-bond donors (Lipinski definition) is 2. The third-order valence-corrected chi connectivity index (χ3v) is 7.64. The lowest BCUT2D eigenvalue weighted by Gasteiger charge is -2.22. The van der Waals surface area contributed by atoms with E-state index in [0.29, 0.717) is 68.9 Å². The van der Waals surface area contributed by atoms with Crippen LogP contribution < -0.4 is 9.47 Å². The Bertz CT molecular complexity index is 1280. The Morgan fingerprint density at radius 1 is 0.971 bits per heavy atom. The zero-order chi connectivity index (χ0) is 25.7. The summed E-state index contributed by atoms with van der Waals surface area (Å²) >= 11 is 0. The Morgan fingerprint density at radius 3 is 2.03 bits per heavy atom. The molecule has 35 heavy (non-hydrogen) atoms. The molecule has 0 fully saturated rings. The predicted molar refractivity (Wildman–Crippen MR) is 137 cm³/mol. The number of nitrogens with zero attached hydrogens (tertiary/aromatic N) is 3. The van der Waals surface area contributed by atoms with E-state index in [1.807, 2.05) is 27.7 Å². The van der Waals surface area contributed by atoms with Crippen LogP contribution in [0, 0.1) is 34.5 Å². The molecule has 3 rings (SSSR count). The van der Waals surface area contributed by atoms with Crippen LogP contribution in [0.25, 0.3) is 0 Å². The van der Waals surface area contributed by atoms with Crippen LogP contribution in [0.5, 0.6) is 11.5 Å². The molecule has 2 aromatic rings. The summed E-state index contributed by atoms with van der Waals surface area (Å²) in [5, 5.41) is 30.0. The first-order chi connectivity index (χ1) is 16.7. The number of aliphatic carboxylic acids is 1. The molecule has 0 radical (unpaired) electrons. The summed E-state index contributed by atoms with van der Waals surface area (Å²) in [6.45, 7) is 10.7. The van der Waals surface area contributed by atoms with Crippen molar-refractivity contribution in [3.8, 4) is 23.6 Å². The van der Waals surface area contributed by atoms with Crippen LogP contribution in [0.2, 0.25) is 0 Å². The molecule has 7 nitrogen and oxygen atoms in total. The number of thiol groups is 1. The van der Waals surface area contributed by atoms with E-state index in [-0.39, 0.29) is 4.91 Å². The van der Waals surface area contributed by atoms with Crippen molar-refractivity contribution in [3.05, 3.63) is 63.7 Å². The summed E-state index contributed by atoms with van der Waals surface area (Å²) in [5.41, 5.74) is 1.77. The maximum absolute atomic E-state index is 12.2. The van der Waals surface area contributed by atoms with E-state index >= 15 is 0 Å². The second kappa shape index (κ2) is 11.1. The quantitative estimate of drug-likeness (QED) is 0.439. The van der Waals surface area contributed by atoms with Crippen molar-refractivity contribution in [2.75, 3.05) is 13.2 Å². The molecule has 0 aromatic heterocycles. The van der Waals surface area contributed by atoms with Crippen molar-refractivity contribution in [3.63, 3.8) is 0 Å². The van der Waals surface area contributed by atoms with Crippen molar-refractivity contribution in [2.24, 2.45) is 16.8 Å². The minimum atomic E-state index is -1.55. The Morgan fingerprint density at radius 2 is 1.51 bits per heavy atom. The first kappa shape index (κ1) is 25.9. The predicted octanol–water partition coefficient (Wildman–Crippen LogP) is 5.64. The summed E-state index contributed by atoms with van der Waals surface area (Å²) in [5.74, 6) is 0.497. The van der Waals surface area contributed by atoms with Gasteiger partial charge in [0, 0.05) is 5.56 Å². The largest absolute Gasteiger partial charge is 0.492 e. The zero-order valence-corrected chi connectivity index (χ0v) is 21.4. The van der Waals surface area contributed by atoms with Gasteiger partial charge in [-0.3, -0.25) is 0 Å². The summed E-state index contributed by atoms with van der Waals surface area (Å²) < 4.78 is 11.5. The molecule has 0 saturated heterocycles. The first-order valence-corrected chi connectivity index (χ1v) is 12.7. The highest BCUT2D eigenvalue weighted by molar-refractivity contribution is 8.34. The van der Waals surface area contributed by atoms with Gasteiger partial charge in [0.15, 0.2) is 0 Å².